The fourth-order valence-electron chi connectivity index (χ4n) is 3.65. The quantitative estimate of drug-likeness (QED) is 0.601. The van der Waals surface area contributed by atoms with Gasteiger partial charge in [0.25, 0.3) is 5.22 Å². The molecule has 4 rings (SSSR count). The van der Waals surface area contributed by atoms with E-state index in [9.17, 15) is 4.79 Å². The average molecular weight is 408 g/mol. The Morgan fingerprint density at radius 2 is 2.00 bits per heavy atom. The van der Waals surface area contributed by atoms with E-state index >= 15 is 0 Å². The second-order valence-corrected chi connectivity index (χ2v) is 8.88. The molecule has 1 N–H and O–H groups in total. The van der Waals surface area contributed by atoms with Gasteiger partial charge in [-0.3, -0.25) is 4.79 Å². The topological polar surface area (TPSA) is 68.0 Å². The molecule has 6 heteroatoms. The molecule has 2 aromatic carbocycles. The number of nitrogens with one attached hydrogen (secondary N) is 1. The zero-order valence-corrected chi connectivity index (χ0v) is 17.8. The fourth-order valence-corrected chi connectivity index (χ4v) is 4.34. The number of hydrogen-bond donors (Lipinski definition) is 1. The molecule has 0 fully saturated rings. The lowest BCUT2D eigenvalue weighted by Crippen LogP contribution is -2.35. The Labute approximate surface area is 175 Å². The highest BCUT2D eigenvalue weighted by molar-refractivity contribution is 8.00. The average Bonchev–Trinajstić information content (AvgIpc) is 3.18. The van der Waals surface area contributed by atoms with Crippen LogP contribution in [-0.2, 0) is 11.2 Å². The van der Waals surface area contributed by atoms with E-state index in [0.29, 0.717) is 11.1 Å². The van der Waals surface area contributed by atoms with Crippen molar-refractivity contribution in [2.24, 2.45) is 0 Å². The van der Waals surface area contributed by atoms with Gasteiger partial charge in [-0.05, 0) is 74.4 Å². The van der Waals surface area contributed by atoms with Crippen LogP contribution >= 0.6 is 11.8 Å². The standard InChI is InChI=1S/C23H25N3O2S/c1-14-11-12-18(13-15(14)2)22-25-26-23(28-22)29-16(3)21(27)24-20-10-6-8-17-7-4-5-9-19(17)20/h4-5,7,9,11-13,16,20H,6,8,10H2,1-3H3,(H,24,27)/t16-,20+/m0/s1. The van der Waals surface area contributed by atoms with E-state index in [-0.39, 0.29) is 17.2 Å². The molecule has 0 spiro atoms. The van der Waals surface area contributed by atoms with Crippen molar-refractivity contribution in [2.75, 3.05) is 0 Å². The van der Waals surface area contributed by atoms with Crippen LogP contribution in [0.3, 0.4) is 0 Å². The third-order valence-electron chi connectivity index (χ3n) is 5.49. The van der Waals surface area contributed by atoms with Gasteiger partial charge in [0.1, 0.15) is 0 Å². The van der Waals surface area contributed by atoms with Crippen molar-refractivity contribution < 1.29 is 9.21 Å². The van der Waals surface area contributed by atoms with Crippen LogP contribution in [0, 0.1) is 13.8 Å². The first-order chi connectivity index (χ1) is 14.0. The largest absolute Gasteiger partial charge is 0.411 e. The van der Waals surface area contributed by atoms with E-state index in [1.54, 1.807) is 0 Å². The van der Waals surface area contributed by atoms with Crippen molar-refractivity contribution in [3.8, 4) is 11.5 Å². The van der Waals surface area contributed by atoms with E-state index in [0.717, 1.165) is 24.8 Å². The molecule has 0 unspecified atom stereocenters. The van der Waals surface area contributed by atoms with Gasteiger partial charge in [-0.25, -0.2) is 0 Å². The van der Waals surface area contributed by atoms with Crippen molar-refractivity contribution in [1.29, 1.82) is 0 Å². The van der Waals surface area contributed by atoms with Crippen LogP contribution in [0.5, 0.6) is 0 Å². The summed E-state index contributed by atoms with van der Waals surface area (Å²) in [5.74, 6) is 0.465. The van der Waals surface area contributed by atoms with Gasteiger partial charge in [-0.2, -0.15) is 0 Å². The summed E-state index contributed by atoms with van der Waals surface area (Å²) in [6, 6.07) is 14.5. The molecule has 3 aromatic rings. The Bertz CT molecular complexity index is 1030. The lowest BCUT2D eigenvalue weighted by Gasteiger charge is -2.27. The lowest BCUT2D eigenvalue weighted by molar-refractivity contribution is -0.121. The molecule has 150 valence electrons. The van der Waals surface area contributed by atoms with Crippen molar-refractivity contribution in [3.63, 3.8) is 0 Å². The SMILES string of the molecule is Cc1ccc(-c2nnc(S[C@@H](C)C(=O)N[C@@H]3CCCc4ccccc43)o2)cc1C. The van der Waals surface area contributed by atoms with Crippen molar-refractivity contribution in [1.82, 2.24) is 15.5 Å². The minimum Gasteiger partial charge on any atom is -0.411 e. The normalized spacial score (nSPS) is 16.9. The molecule has 1 aromatic heterocycles. The molecule has 5 nitrogen and oxygen atoms in total. The molecule has 1 aliphatic rings. The minimum atomic E-state index is -0.322. The van der Waals surface area contributed by atoms with Gasteiger partial charge in [0.05, 0.1) is 11.3 Å². The van der Waals surface area contributed by atoms with Gasteiger partial charge in [0.2, 0.25) is 11.8 Å². The van der Waals surface area contributed by atoms with E-state index in [1.807, 2.05) is 31.2 Å². The summed E-state index contributed by atoms with van der Waals surface area (Å²) in [6.07, 6.45) is 3.14. The predicted molar refractivity (Wildman–Crippen MR) is 115 cm³/mol. The third-order valence-corrected chi connectivity index (χ3v) is 6.43. The maximum Gasteiger partial charge on any atom is 0.277 e. The first-order valence-electron chi connectivity index (χ1n) is 9.97. The Kier molecular flexibility index (Phi) is 5.72. The summed E-state index contributed by atoms with van der Waals surface area (Å²) in [5, 5.41) is 11.5. The first-order valence-corrected chi connectivity index (χ1v) is 10.8. The molecule has 1 aliphatic carbocycles. The summed E-state index contributed by atoms with van der Waals surface area (Å²) < 4.78 is 5.79. The third kappa shape index (κ3) is 4.37. The van der Waals surface area contributed by atoms with Crippen molar-refractivity contribution in [2.45, 2.75) is 56.5 Å². The van der Waals surface area contributed by atoms with Crippen LogP contribution in [0.4, 0.5) is 0 Å². The Balaban J connectivity index is 1.41. The number of thioether (sulfide) groups is 1. The second-order valence-electron chi connectivity index (χ2n) is 7.58. The summed E-state index contributed by atoms with van der Waals surface area (Å²) in [5.41, 5.74) is 5.86. The van der Waals surface area contributed by atoms with Crippen LogP contribution in [0.1, 0.15) is 48.1 Å². The number of rotatable bonds is 5. The number of hydrogen-bond acceptors (Lipinski definition) is 5. The van der Waals surface area contributed by atoms with Crippen LogP contribution in [0.15, 0.2) is 52.1 Å². The molecule has 2 atom stereocenters. The number of fused-ring (bicyclic) bond motifs is 1. The molecule has 0 aliphatic heterocycles. The van der Waals surface area contributed by atoms with E-state index in [1.165, 1.54) is 34.0 Å². The first kappa shape index (κ1) is 19.7. The highest BCUT2D eigenvalue weighted by Crippen LogP contribution is 2.31. The summed E-state index contributed by atoms with van der Waals surface area (Å²) in [6.45, 7) is 5.99. The fraction of sp³-hybridized carbons (Fsp3) is 0.348. The van der Waals surface area contributed by atoms with Gasteiger partial charge in [-0.1, -0.05) is 42.1 Å². The number of benzene rings is 2. The molecular formula is C23H25N3O2S. The number of amides is 1. The predicted octanol–water partition coefficient (Wildman–Crippen LogP) is 5.03. The molecule has 1 heterocycles. The minimum absolute atomic E-state index is 0.0115. The maximum atomic E-state index is 12.8. The van der Waals surface area contributed by atoms with Gasteiger partial charge in [0.15, 0.2) is 0 Å². The van der Waals surface area contributed by atoms with Crippen LogP contribution in [0.2, 0.25) is 0 Å². The Hall–Kier alpha value is -2.60. The van der Waals surface area contributed by atoms with E-state index in [4.69, 9.17) is 4.42 Å². The van der Waals surface area contributed by atoms with Crippen molar-refractivity contribution in [3.05, 3.63) is 64.7 Å². The molecular weight excluding hydrogens is 382 g/mol. The van der Waals surface area contributed by atoms with Gasteiger partial charge in [-0.15, -0.1) is 10.2 Å². The summed E-state index contributed by atoms with van der Waals surface area (Å²) in [7, 11) is 0. The van der Waals surface area contributed by atoms with Gasteiger partial charge in [0, 0.05) is 5.56 Å². The number of carbonyl (C=O) groups excluding carboxylic acids is 1. The monoisotopic (exact) mass is 407 g/mol. The molecule has 0 saturated heterocycles. The molecule has 1 amide bonds. The highest BCUT2D eigenvalue weighted by atomic mass is 32.2. The molecule has 29 heavy (non-hydrogen) atoms. The molecule has 0 saturated carbocycles. The maximum absolute atomic E-state index is 12.8. The van der Waals surface area contributed by atoms with Crippen LogP contribution in [-0.4, -0.2) is 21.4 Å². The molecule has 0 radical (unpaired) electrons. The summed E-state index contributed by atoms with van der Waals surface area (Å²) in [4.78, 5) is 12.8. The van der Waals surface area contributed by atoms with Crippen LogP contribution < -0.4 is 5.32 Å². The Morgan fingerprint density at radius 3 is 2.83 bits per heavy atom. The number of aryl methyl sites for hydroxylation is 3. The zero-order valence-electron chi connectivity index (χ0n) is 16.9. The zero-order chi connectivity index (χ0) is 20.4. The second kappa shape index (κ2) is 8.41. The highest BCUT2D eigenvalue weighted by Gasteiger charge is 2.25. The van der Waals surface area contributed by atoms with Crippen LogP contribution in [0.25, 0.3) is 11.5 Å². The lowest BCUT2D eigenvalue weighted by atomic mass is 9.88. The number of nitrogens with zero attached hydrogens (tertiary/aromatic N) is 2. The number of carbonyl (C=O) groups is 1. The molecule has 0 bridgehead atoms. The van der Waals surface area contributed by atoms with Crippen molar-refractivity contribution >= 4 is 17.7 Å². The van der Waals surface area contributed by atoms with Gasteiger partial charge >= 0.3 is 0 Å². The Morgan fingerprint density at radius 1 is 1.17 bits per heavy atom. The van der Waals surface area contributed by atoms with E-state index in [2.05, 4.69) is 47.6 Å². The van der Waals surface area contributed by atoms with Gasteiger partial charge < -0.3 is 9.73 Å². The smallest absolute Gasteiger partial charge is 0.277 e. The number of aromatic nitrogens is 2. The summed E-state index contributed by atoms with van der Waals surface area (Å²) >= 11 is 1.29. The van der Waals surface area contributed by atoms with E-state index < -0.39 is 0 Å².